The summed E-state index contributed by atoms with van der Waals surface area (Å²) >= 11 is 1.71. The Hall–Kier alpha value is -1.94. The minimum Gasteiger partial charge on any atom is -0.331 e. The summed E-state index contributed by atoms with van der Waals surface area (Å²) in [6.07, 6.45) is 0.0628. The van der Waals surface area contributed by atoms with E-state index in [-0.39, 0.29) is 24.7 Å². The van der Waals surface area contributed by atoms with Crippen molar-refractivity contribution < 1.29 is 9.59 Å². The maximum absolute atomic E-state index is 11.5. The molecule has 0 atom stereocenters. The number of nitrogens with zero attached hydrogens (tertiary/aromatic N) is 1. The van der Waals surface area contributed by atoms with E-state index >= 15 is 0 Å². The van der Waals surface area contributed by atoms with Crippen LogP contribution >= 0.6 is 11.3 Å². The summed E-state index contributed by atoms with van der Waals surface area (Å²) in [6.45, 7) is 0.779. The van der Waals surface area contributed by atoms with Crippen molar-refractivity contribution in [2.45, 2.75) is 13.0 Å². The van der Waals surface area contributed by atoms with E-state index in [1.165, 1.54) is 10.4 Å². The van der Waals surface area contributed by atoms with Crippen molar-refractivity contribution in [1.29, 1.82) is 0 Å². The first-order valence-corrected chi connectivity index (χ1v) is 7.02. The minimum absolute atomic E-state index is 0.0141. The number of amides is 1. The summed E-state index contributed by atoms with van der Waals surface area (Å²) < 4.78 is 0. The first-order valence-electron chi connectivity index (χ1n) is 6.15. The fraction of sp³-hybridized carbons (Fsp3) is 0.200. The van der Waals surface area contributed by atoms with Crippen LogP contribution in [0.5, 0.6) is 0 Å². The minimum atomic E-state index is -0.0627. The molecule has 0 spiro atoms. The Balaban J connectivity index is 1.73. The second kappa shape index (κ2) is 4.97. The predicted molar refractivity (Wildman–Crippen MR) is 74.8 cm³/mol. The average molecular weight is 271 g/mol. The molecule has 0 N–H and O–H groups in total. The van der Waals surface area contributed by atoms with Gasteiger partial charge in [-0.2, -0.15) is 0 Å². The molecule has 2 aromatic rings. The topological polar surface area (TPSA) is 37.4 Å². The van der Waals surface area contributed by atoms with E-state index in [9.17, 15) is 9.59 Å². The van der Waals surface area contributed by atoms with Gasteiger partial charge in [0.2, 0.25) is 5.91 Å². The molecule has 1 fully saturated rings. The van der Waals surface area contributed by atoms with Gasteiger partial charge in [0.25, 0.3) is 0 Å². The summed E-state index contributed by atoms with van der Waals surface area (Å²) in [6, 6.07) is 12.3. The number of hydrogen-bond acceptors (Lipinski definition) is 3. The van der Waals surface area contributed by atoms with Crippen molar-refractivity contribution in [1.82, 2.24) is 4.90 Å². The molecule has 96 valence electrons. The number of rotatable bonds is 3. The lowest BCUT2D eigenvalue weighted by Crippen LogP contribution is -2.24. The van der Waals surface area contributed by atoms with E-state index in [1.54, 1.807) is 16.2 Å². The van der Waals surface area contributed by atoms with Gasteiger partial charge in [0.15, 0.2) is 5.78 Å². The lowest BCUT2D eigenvalue weighted by molar-refractivity contribution is -0.128. The Kier molecular flexibility index (Phi) is 3.17. The molecule has 0 unspecified atom stereocenters. The van der Waals surface area contributed by atoms with Crippen molar-refractivity contribution in [2.75, 3.05) is 6.54 Å². The number of benzene rings is 1. The molecule has 1 aliphatic heterocycles. The van der Waals surface area contributed by atoms with Crippen LogP contribution in [0.3, 0.4) is 0 Å². The molecule has 1 saturated heterocycles. The van der Waals surface area contributed by atoms with E-state index in [0.29, 0.717) is 6.54 Å². The number of likely N-dealkylation sites (tertiary alicyclic amines) is 1. The van der Waals surface area contributed by atoms with Gasteiger partial charge in [-0.1, -0.05) is 30.3 Å². The van der Waals surface area contributed by atoms with Gasteiger partial charge >= 0.3 is 0 Å². The van der Waals surface area contributed by atoms with Crippen molar-refractivity contribution in [2.24, 2.45) is 0 Å². The Labute approximate surface area is 115 Å². The van der Waals surface area contributed by atoms with E-state index in [2.05, 4.69) is 23.6 Å². The summed E-state index contributed by atoms with van der Waals surface area (Å²) in [4.78, 5) is 25.6. The van der Waals surface area contributed by atoms with Crippen molar-refractivity contribution in [3.63, 3.8) is 0 Å². The molecule has 0 aliphatic carbocycles. The number of thiophene rings is 1. The number of ketones is 1. The normalized spacial score (nSPS) is 15.3. The molecule has 3 rings (SSSR count). The Morgan fingerprint density at radius 3 is 2.47 bits per heavy atom. The predicted octanol–water partition coefficient (Wildman–Crippen LogP) is 2.72. The Bertz CT molecular complexity index is 602. The van der Waals surface area contributed by atoms with Gasteiger partial charge in [-0.05, 0) is 22.6 Å². The SMILES string of the molecule is O=C1CC(=O)N(Cc2ccc(-c3cccs3)cc2)C1. The van der Waals surface area contributed by atoms with Gasteiger partial charge in [0.05, 0.1) is 13.0 Å². The van der Waals surface area contributed by atoms with E-state index in [0.717, 1.165) is 5.56 Å². The van der Waals surface area contributed by atoms with Gasteiger partial charge in [0.1, 0.15) is 0 Å². The number of Topliss-reactive ketones (excluding diaryl/α,β-unsaturated/α-hetero) is 1. The smallest absolute Gasteiger partial charge is 0.230 e. The van der Waals surface area contributed by atoms with Crippen LogP contribution in [0.15, 0.2) is 41.8 Å². The summed E-state index contributed by atoms with van der Waals surface area (Å²) in [5, 5.41) is 2.05. The molecule has 1 aliphatic rings. The molecule has 2 heterocycles. The second-order valence-corrected chi connectivity index (χ2v) is 5.59. The van der Waals surface area contributed by atoms with Gasteiger partial charge in [0, 0.05) is 11.4 Å². The molecule has 0 saturated carbocycles. The first kappa shape index (κ1) is 12.1. The molecule has 4 heteroatoms. The summed E-state index contributed by atoms with van der Waals surface area (Å²) in [5.74, 6) is -0.0486. The Morgan fingerprint density at radius 2 is 1.89 bits per heavy atom. The van der Waals surface area contributed by atoms with Crippen LogP contribution in [0.4, 0.5) is 0 Å². The quantitative estimate of drug-likeness (QED) is 0.805. The first-order chi connectivity index (χ1) is 9.22. The third kappa shape index (κ3) is 2.58. The van der Waals surface area contributed by atoms with Gasteiger partial charge in [-0.15, -0.1) is 11.3 Å². The standard InChI is InChI=1S/C15H13NO2S/c17-13-8-15(18)16(10-13)9-11-3-5-12(6-4-11)14-2-1-7-19-14/h1-7H,8-10H2. The van der Waals surface area contributed by atoms with Crippen molar-refractivity contribution >= 4 is 23.0 Å². The zero-order valence-electron chi connectivity index (χ0n) is 10.3. The largest absolute Gasteiger partial charge is 0.331 e. The molecular weight excluding hydrogens is 258 g/mol. The fourth-order valence-electron chi connectivity index (χ4n) is 2.22. The van der Waals surface area contributed by atoms with E-state index in [1.807, 2.05) is 18.2 Å². The third-order valence-electron chi connectivity index (χ3n) is 3.20. The highest BCUT2D eigenvalue weighted by molar-refractivity contribution is 7.13. The molecule has 3 nitrogen and oxygen atoms in total. The molecule has 0 radical (unpaired) electrons. The molecular formula is C15H13NO2S. The van der Waals surface area contributed by atoms with Crippen LogP contribution in [0.2, 0.25) is 0 Å². The fourth-order valence-corrected chi connectivity index (χ4v) is 2.95. The highest BCUT2D eigenvalue weighted by Gasteiger charge is 2.26. The monoisotopic (exact) mass is 271 g/mol. The number of carbonyl (C=O) groups is 2. The van der Waals surface area contributed by atoms with E-state index < -0.39 is 0 Å². The molecule has 1 aromatic carbocycles. The summed E-state index contributed by atoms with van der Waals surface area (Å²) in [7, 11) is 0. The highest BCUT2D eigenvalue weighted by atomic mass is 32.1. The van der Waals surface area contributed by atoms with Crippen molar-refractivity contribution in [3.8, 4) is 10.4 Å². The van der Waals surface area contributed by atoms with Gasteiger partial charge in [-0.3, -0.25) is 9.59 Å². The summed E-state index contributed by atoms with van der Waals surface area (Å²) in [5.41, 5.74) is 2.24. The van der Waals surface area contributed by atoms with E-state index in [4.69, 9.17) is 0 Å². The molecule has 19 heavy (non-hydrogen) atoms. The zero-order valence-corrected chi connectivity index (χ0v) is 11.2. The molecule has 1 aromatic heterocycles. The van der Waals surface area contributed by atoms with Crippen LogP contribution in [0.25, 0.3) is 10.4 Å². The van der Waals surface area contributed by atoms with Crippen LogP contribution in [0, 0.1) is 0 Å². The second-order valence-electron chi connectivity index (χ2n) is 4.64. The average Bonchev–Trinajstić information content (AvgIpc) is 3.01. The van der Waals surface area contributed by atoms with Crippen LogP contribution in [0.1, 0.15) is 12.0 Å². The molecule has 1 amide bonds. The van der Waals surface area contributed by atoms with Crippen LogP contribution in [-0.4, -0.2) is 23.1 Å². The third-order valence-corrected chi connectivity index (χ3v) is 4.12. The number of hydrogen-bond donors (Lipinski definition) is 0. The van der Waals surface area contributed by atoms with Crippen LogP contribution in [-0.2, 0) is 16.1 Å². The maximum atomic E-state index is 11.5. The van der Waals surface area contributed by atoms with Crippen molar-refractivity contribution in [3.05, 3.63) is 47.3 Å². The van der Waals surface area contributed by atoms with Gasteiger partial charge in [-0.25, -0.2) is 0 Å². The van der Waals surface area contributed by atoms with Crippen LogP contribution < -0.4 is 0 Å². The zero-order chi connectivity index (χ0) is 13.2. The number of carbonyl (C=O) groups excluding carboxylic acids is 2. The maximum Gasteiger partial charge on any atom is 0.230 e. The molecule has 0 bridgehead atoms. The lowest BCUT2D eigenvalue weighted by Gasteiger charge is -2.14. The lowest BCUT2D eigenvalue weighted by atomic mass is 10.1. The van der Waals surface area contributed by atoms with Gasteiger partial charge < -0.3 is 4.90 Å². The Morgan fingerprint density at radius 1 is 1.11 bits per heavy atom. The highest BCUT2D eigenvalue weighted by Crippen LogP contribution is 2.25.